The minimum atomic E-state index is -0.770. The second-order valence-electron chi connectivity index (χ2n) is 6.41. The van der Waals surface area contributed by atoms with Crippen LogP contribution in [0.1, 0.15) is 39.6 Å². The summed E-state index contributed by atoms with van der Waals surface area (Å²) in [4.78, 5) is 23.2. The Labute approximate surface area is 171 Å². The Bertz CT molecular complexity index is 657. The first kappa shape index (κ1) is 21.5. The van der Waals surface area contributed by atoms with Crippen molar-refractivity contribution < 1.29 is 55.5 Å². The standard InChI is InChI=1S/C18H23NO5.Na.H/c1-18(17(22)23)9-7-13(8-10-18)19-16(21)6-4-12-3-5-14(20)15(11-12)24-2;;/h3-6,11,13,20H,7-10H2,1-2H3,(H,19,21)(H,22,23);;/q;+1;-1. The molecule has 1 aromatic rings. The molecule has 0 spiro atoms. The van der Waals surface area contributed by atoms with Crippen LogP contribution in [0.2, 0.25) is 0 Å². The topological polar surface area (TPSA) is 95.9 Å². The summed E-state index contributed by atoms with van der Waals surface area (Å²) in [5.41, 5.74) is 0.0570. The van der Waals surface area contributed by atoms with Crippen LogP contribution in [-0.2, 0) is 9.59 Å². The fourth-order valence-corrected chi connectivity index (χ4v) is 2.83. The fraction of sp³-hybridized carbons (Fsp3) is 0.444. The molecular weight excluding hydrogens is 333 g/mol. The van der Waals surface area contributed by atoms with Crippen LogP contribution in [0.5, 0.6) is 11.5 Å². The molecule has 2 rings (SSSR count). The van der Waals surface area contributed by atoms with E-state index in [4.69, 9.17) is 4.74 Å². The molecule has 1 amide bonds. The number of ether oxygens (including phenoxy) is 1. The SMILES string of the molecule is COc1cc(C=CC(=O)NC2CCC(C)(C(=O)O)CC2)ccc1O.[H-].[Na+]. The molecule has 0 radical (unpaired) electrons. The monoisotopic (exact) mass is 357 g/mol. The van der Waals surface area contributed by atoms with Gasteiger partial charge < -0.3 is 21.7 Å². The zero-order valence-corrected chi connectivity index (χ0v) is 16.9. The molecule has 0 bridgehead atoms. The second-order valence-corrected chi connectivity index (χ2v) is 6.41. The zero-order chi connectivity index (χ0) is 17.7. The number of amides is 1. The summed E-state index contributed by atoms with van der Waals surface area (Å²) < 4.78 is 5.02. The van der Waals surface area contributed by atoms with E-state index in [1.54, 1.807) is 25.1 Å². The largest absolute Gasteiger partial charge is 1.00 e. The van der Waals surface area contributed by atoms with Gasteiger partial charge in [-0.15, -0.1) is 0 Å². The van der Waals surface area contributed by atoms with Crippen molar-refractivity contribution in [1.82, 2.24) is 5.32 Å². The van der Waals surface area contributed by atoms with E-state index in [9.17, 15) is 19.8 Å². The molecule has 0 aromatic heterocycles. The Morgan fingerprint density at radius 2 is 2.00 bits per heavy atom. The van der Waals surface area contributed by atoms with Gasteiger partial charge in [0.1, 0.15) is 0 Å². The molecule has 7 heteroatoms. The van der Waals surface area contributed by atoms with Crippen molar-refractivity contribution in [1.29, 1.82) is 0 Å². The van der Waals surface area contributed by atoms with Crippen LogP contribution in [-0.4, -0.2) is 35.2 Å². The smallest absolute Gasteiger partial charge is 1.00 e. The number of hydrogen-bond donors (Lipinski definition) is 3. The molecule has 1 aliphatic carbocycles. The van der Waals surface area contributed by atoms with Crippen molar-refractivity contribution in [3.05, 3.63) is 29.8 Å². The third kappa shape index (κ3) is 5.76. The summed E-state index contributed by atoms with van der Waals surface area (Å²) in [6.45, 7) is 1.76. The summed E-state index contributed by atoms with van der Waals surface area (Å²) in [7, 11) is 1.46. The number of methoxy groups -OCH3 is 1. The van der Waals surface area contributed by atoms with Gasteiger partial charge in [-0.05, 0) is 56.4 Å². The van der Waals surface area contributed by atoms with E-state index in [1.807, 2.05) is 0 Å². The zero-order valence-electron chi connectivity index (χ0n) is 15.9. The van der Waals surface area contributed by atoms with E-state index in [-0.39, 0.29) is 48.7 Å². The predicted octanol–water partition coefficient (Wildman–Crippen LogP) is -0.320. The first-order chi connectivity index (χ1) is 11.3. The molecule has 1 saturated carbocycles. The number of carboxylic acid groups (broad SMARTS) is 1. The molecule has 0 heterocycles. The molecular formula is C18H24NNaO5. The maximum atomic E-state index is 12.0. The number of carboxylic acids is 1. The van der Waals surface area contributed by atoms with E-state index in [0.717, 1.165) is 5.56 Å². The number of benzene rings is 1. The summed E-state index contributed by atoms with van der Waals surface area (Å²) in [5.74, 6) is -0.597. The normalized spacial score (nSPS) is 22.9. The van der Waals surface area contributed by atoms with Crippen LogP contribution in [0.15, 0.2) is 24.3 Å². The molecule has 6 nitrogen and oxygen atoms in total. The van der Waals surface area contributed by atoms with Crippen LogP contribution in [0.25, 0.3) is 6.08 Å². The van der Waals surface area contributed by atoms with E-state index in [2.05, 4.69) is 5.32 Å². The van der Waals surface area contributed by atoms with Gasteiger partial charge >= 0.3 is 35.5 Å². The van der Waals surface area contributed by atoms with Crippen molar-refractivity contribution in [3.8, 4) is 11.5 Å². The van der Waals surface area contributed by atoms with Gasteiger partial charge in [0, 0.05) is 12.1 Å². The quantitative estimate of drug-likeness (QED) is 0.496. The number of phenols is 1. The first-order valence-corrected chi connectivity index (χ1v) is 7.93. The van der Waals surface area contributed by atoms with Crippen LogP contribution >= 0.6 is 0 Å². The summed E-state index contributed by atoms with van der Waals surface area (Å²) in [6.07, 6.45) is 5.52. The third-order valence-electron chi connectivity index (χ3n) is 4.58. The number of carbonyl (C=O) groups is 2. The number of hydrogen-bond acceptors (Lipinski definition) is 4. The van der Waals surface area contributed by atoms with Gasteiger partial charge in [-0.2, -0.15) is 0 Å². The van der Waals surface area contributed by atoms with E-state index in [1.165, 1.54) is 19.3 Å². The van der Waals surface area contributed by atoms with Gasteiger partial charge in [0.05, 0.1) is 12.5 Å². The summed E-state index contributed by atoms with van der Waals surface area (Å²) in [6, 6.07) is 4.83. The van der Waals surface area contributed by atoms with Gasteiger partial charge in [-0.25, -0.2) is 0 Å². The Balaban J connectivity index is 0.00000312. The van der Waals surface area contributed by atoms with Crippen LogP contribution in [0.4, 0.5) is 0 Å². The summed E-state index contributed by atoms with van der Waals surface area (Å²) in [5, 5.41) is 21.7. The van der Waals surface area contributed by atoms with Crippen molar-refractivity contribution in [2.75, 3.05) is 7.11 Å². The second kappa shape index (κ2) is 9.27. The molecule has 3 N–H and O–H groups in total. The Morgan fingerprint density at radius 3 is 2.56 bits per heavy atom. The van der Waals surface area contributed by atoms with Crippen LogP contribution in [0, 0.1) is 5.41 Å². The number of rotatable bonds is 5. The predicted molar refractivity (Wildman–Crippen MR) is 90.9 cm³/mol. The molecule has 0 aliphatic heterocycles. The van der Waals surface area contributed by atoms with Crippen LogP contribution in [0.3, 0.4) is 0 Å². The molecule has 0 atom stereocenters. The van der Waals surface area contributed by atoms with Crippen molar-refractivity contribution in [3.63, 3.8) is 0 Å². The van der Waals surface area contributed by atoms with Crippen molar-refractivity contribution in [2.24, 2.45) is 5.41 Å². The Morgan fingerprint density at radius 1 is 1.36 bits per heavy atom. The number of nitrogens with one attached hydrogen (secondary N) is 1. The van der Waals surface area contributed by atoms with Gasteiger partial charge in [0.15, 0.2) is 11.5 Å². The Kier molecular flexibility index (Phi) is 7.99. The average Bonchev–Trinajstić information content (AvgIpc) is 2.56. The Hall–Kier alpha value is -1.50. The summed E-state index contributed by atoms with van der Waals surface area (Å²) >= 11 is 0. The third-order valence-corrected chi connectivity index (χ3v) is 4.58. The maximum absolute atomic E-state index is 12.0. The van der Waals surface area contributed by atoms with Crippen LogP contribution < -0.4 is 39.6 Å². The molecule has 25 heavy (non-hydrogen) atoms. The van der Waals surface area contributed by atoms with Gasteiger partial charge in [0.25, 0.3) is 0 Å². The minimum absolute atomic E-state index is 0. The first-order valence-electron chi connectivity index (χ1n) is 7.93. The van der Waals surface area contributed by atoms with E-state index >= 15 is 0 Å². The fourth-order valence-electron chi connectivity index (χ4n) is 2.83. The average molecular weight is 357 g/mol. The molecule has 0 unspecified atom stereocenters. The molecule has 1 aliphatic rings. The maximum Gasteiger partial charge on any atom is 1.00 e. The van der Waals surface area contributed by atoms with Crippen molar-refractivity contribution in [2.45, 2.75) is 38.6 Å². The number of phenolic OH excluding ortho intramolecular Hbond substituents is 1. The molecule has 132 valence electrons. The molecule has 0 saturated heterocycles. The van der Waals surface area contributed by atoms with Gasteiger partial charge in [-0.1, -0.05) is 6.07 Å². The van der Waals surface area contributed by atoms with E-state index < -0.39 is 11.4 Å². The van der Waals surface area contributed by atoms with Gasteiger partial charge in [0.2, 0.25) is 5.91 Å². The minimum Gasteiger partial charge on any atom is -1.00 e. The number of carbonyl (C=O) groups excluding carboxylic acids is 1. The van der Waals surface area contributed by atoms with Crippen molar-refractivity contribution >= 4 is 18.0 Å². The van der Waals surface area contributed by atoms with Gasteiger partial charge in [-0.3, -0.25) is 9.59 Å². The molecule has 1 aromatic carbocycles. The molecule has 1 fully saturated rings. The van der Waals surface area contributed by atoms with E-state index in [0.29, 0.717) is 31.4 Å². The number of aliphatic carboxylic acids is 1. The number of aromatic hydroxyl groups is 1.